The Labute approximate surface area is 169 Å². The highest BCUT2D eigenvalue weighted by atomic mass is 16.5. The van der Waals surface area contributed by atoms with Gasteiger partial charge in [-0.25, -0.2) is 0 Å². The second-order valence-electron chi connectivity index (χ2n) is 7.42. The number of likely N-dealkylation sites (tertiary alicyclic amines) is 1. The average molecular weight is 389 g/mol. The van der Waals surface area contributed by atoms with Crippen molar-refractivity contribution in [1.82, 2.24) is 15.4 Å². The Morgan fingerprint density at radius 2 is 1.79 bits per heavy atom. The molecule has 0 aliphatic carbocycles. The van der Waals surface area contributed by atoms with Gasteiger partial charge in [-0.2, -0.15) is 0 Å². The normalized spacial score (nSPS) is 18.6. The summed E-state index contributed by atoms with van der Waals surface area (Å²) >= 11 is 0. The number of aromatic nitrogens is 1. The molecule has 1 unspecified atom stereocenters. The fraction of sp³-hybridized carbons (Fsp3) is 0.261. The zero-order valence-electron chi connectivity index (χ0n) is 16.3. The first-order chi connectivity index (χ1) is 14.1. The first-order valence-electron chi connectivity index (χ1n) is 9.69. The number of rotatable bonds is 5. The van der Waals surface area contributed by atoms with E-state index in [9.17, 15) is 9.59 Å². The third-order valence-electron chi connectivity index (χ3n) is 5.51. The lowest BCUT2D eigenvalue weighted by molar-refractivity contribution is -0.130. The largest absolute Gasteiger partial charge is 0.361 e. The summed E-state index contributed by atoms with van der Waals surface area (Å²) in [5.74, 6) is 0.499. The number of carbonyl (C=O) groups is 2. The minimum absolute atomic E-state index is 0.0566. The van der Waals surface area contributed by atoms with Gasteiger partial charge in [0.05, 0.1) is 5.41 Å². The maximum absolute atomic E-state index is 12.8. The zero-order valence-corrected chi connectivity index (χ0v) is 16.3. The number of hydrogen-bond acceptors (Lipinski definition) is 4. The van der Waals surface area contributed by atoms with Crippen LogP contribution in [0.25, 0.3) is 11.3 Å². The molecular weight excluding hydrogens is 366 g/mol. The molecule has 1 aliphatic rings. The first kappa shape index (κ1) is 18.9. The number of hydrogen-bond donors (Lipinski definition) is 1. The van der Waals surface area contributed by atoms with Crippen molar-refractivity contribution in [3.05, 3.63) is 78.1 Å². The lowest BCUT2D eigenvalue weighted by atomic mass is 9.81. The highest BCUT2D eigenvalue weighted by Crippen LogP contribution is 2.36. The highest BCUT2D eigenvalue weighted by Gasteiger charge is 2.46. The molecule has 148 valence electrons. The van der Waals surface area contributed by atoms with E-state index in [4.69, 9.17) is 4.52 Å². The van der Waals surface area contributed by atoms with E-state index in [1.54, 1.807) is 24.1 Å². The Bertz CT molecular complexity index is 1000. The second-order valence-corrected chi connectivity index (χ2v) is 7.42. The number of nitrogens with zero attached hydrogens (tertiary/aromatic N) is 2. The van der Waals surface area contributed by atoms with Gasteiger partial charge in [-0.05, 0) is 18.6 Å². The Hall–Kier alpha value is -3.41. The average Bonchev–Trinajstić information content (AvgIpc) is 3.42. The second kappa shape index (κ2) is 7.91. The van der Waals surface area contributed by atoms with Gasteiger partial charge in [0.1, 0.15) is 11.5 Å². The lowest BCUT2D eigenvalue weighted by Gasteiger charge is -2.26. The van der Waals surface area contributed by atoms with Crippen LogP contribution in [-0.2, 0) is 11.2 Å². The molecule has 2 amide bonds. The van der Waals surface area contributed by atoms with Gasteiger partial charge in [0.25, 0.3) is 5.91 Å². The predicted molar refractivity (Wildman–Crippen MR) is 109 cm³/mol. The van der Waals surface area contributed by atoms with Crippen molar-refractivity contribution < 1.29 is 14.1 Å². The third kappa shape index (κ3) is 3.78. The fourth-order valence-corrected chi connectivity index (χ4v) is 3.96. The SMILES string of the molecule is CNC(=O)C1(Cc2cc(-c3ccccc3)no2)CCN(C(=O)c2ccccc2)C1. The van der Waals surface area contributed by atoms with E-state index in [2.05, 4.69) is 10.5 Å². The van der Waals surface area contributed by atoms with E-state index in [1.807, 2.05) is 54.6 Å². The van der Waals surface area contributed by atoms with Gasteiger partial charge in [0.2, 0.25) is 5.91 Å². The molecule has 1 atom stereocenters. The molecule has 0 spiro atoms. The van der Waals surface area contributed by atoms with E-state index >= 15 is 0 Å². The van der Waals surface area contributed by atoms with Crippen molar-refractivity contribution in [1.29, 1.82) is 0 Å². The fourth-order valence-electron chi connectivity index (χ4n) is 3.96. The van der Waals surface area contributed by atoms with Crippen molar-refractivity contribution in [2.45, 2.75) is 12.8 Å². The summed E-state index contributed by atoms with van der Waals surface area (Å²) in [4.78, 5) is 27.4. The Morgan fingerprint density at radius 1 is 1.10 bits per heavy atom. The molecule has 2 heterocycles. The molecule has 3 aromatic rings. The summed E-state index contributed by atoms with van der Waals surface area (Å²) in [5, 5.41) is 6.93. The molecule has 4 rings (SSSR count). The van der Waals surface area contributed by atoms with E-state index < -0.39 is 5.41 Å². The Morgan fingerprint density at radius 3 is 2.48 bits per heavy atom. The van der Waals surface area contributed by atoms with Crippen LogP contribution in [0.2, 0.25) is 0 Å². The highest BCUT2D eigenvalue weighted by molar-refractivity contribution is 5.95. The summed E-state index contributed by atoms with van der Waals surface area (Å²) in [5.41, 5.74) is 1.60. The smallest absolute Gasteiger partial charge is 0.253 e. The van der Waals surface area contributed by atoms with Gasteiger partial charge in [-0.3, -0.25) is 9.59 Å². The summed E-state index contributed by atoms with van der Waals surface area (Å²) in [7, 11) is 1.63. The van der Waals surface area contributed by atoms with Crippen LogP contribution < -0.4 is 5.32 Å². The topological polar surface area (TPSA) is 75.4 Å². The Balaban J connectivity index is 1.55. The maximum Gasteiger partial charge on any atom is 0.253 e. The van der Waals surface area contributed by atoms with Crippen LogP contribution in [0.5, 0.6) is 0 Å². The molecule has 0 radical (unpaired) electrons. The summed E-state index contributed by atoms with van der Waals surface area (Å²) in [6.07, 6.45) is 0.970. The van der Waals surface area contributed by atoms with Crippen LogP contribution in [-0.4, -0.2) is 42.0 Å². The maximum atomic E-state index is 12.8. The quantitative estimate of drug-likeness (QED) is 0.727. The van der Waals surface area contributed by atoms with Crippen LogP contribution in [0.4, 0.5) is 0 Å². The van der Waals surface area contributed by atoms with Gasteiger partial charge < -0.3 is 14.7 Å². The molecule has 0 saturated carbocycles. The monoisotopic (exact) mass is 389 g/mol. The van der Waals surface area contributed by atoms with E-state index in [1.165, 1.54) is 0 Å². The van der Waals surface area contributed by atoms with E-state index in [-0.39, 0.29) is 11.8 Å². The van der Waals surface area contributed by atoms with Gasteiger partial charge >= 0.3 is 0 Å². The standard InChI is InChI=1S/C23H23N3O3/c1-24-22(28)23(12-13-26(16-23)21(27)18-10-6-3-7-11-18)15-19-14-20(25-29-19)17-8-4-2-5-9-17/h2-11,14H,12-13,15-16H2,1H3,(H,24,28). The van der Waals surface area contributed by atoms with Crippen LogP contribution in [0.15, 0.2) is 71.3 Å². The molecule has 2 aromatic carbocycles. The first-order valence-corrected chi connectivity index (χ1v) is 9.69. The number of benzene rings is 2. The van der Waals surface area contributed by atoms with Crippen molar-refractivity contribution in [2.75, 3.05) is 20.1 Å². The van der Waals surface area contributed by atoms with E-state index in [0.717, 1.165) is 11.3 Å². The minimum Gasteiger partial charge on any atom is -0.361 e. The van der Waals surface area contributed by atoms with Crippen LogP contribution in [0.3, 0.4) is 0 Å². The molecule has 6 nitrogen and oxygen atoms in total. The molecule has 1 saturated heterocycles. The molecule has 1 N–H and O–H groups in total. The minimum atomic E-state index is -0.729. The van der Waals surface area contributed by atoms with Crippen molar-refractivity contribution >= 4 is 11.8 Å². The molecule has 1 aromatic heterocycles. The lowest BCUT2D eigenvalue weighted by Crippen LogP contribution is -2.44. The summed E-state index contributed by atoms with van der Waals surface area (Å²) in [6, 6.07) is 20.8. The van der Waals surface area contributed by atoms with Gasteiger partial charge in [-0.1, -0.05) is 53.7 Å². The molecule has 1 aliphatic heterocycles. The van der Waals surface area contributed by atoms with E-state index in [0.29, 0.717) is 37.3 Å². The molecule has 1 fully saturated rings. The molecular formula is C23H23N3O3. The molecule has 0 bridgehead atoms. The number of amides is 2. The van der Waals surface area contributed by atoms with Crippen molar-refractivity contribution in [2.24, 2.45) is 5.41 Å². The predicted octanol–water partition coefficient (Wildman–Crippen LogP) is 3.16. The number of nitrogens with one attached hydrogen (secondary N) is 1. The van der Waals surface area contributed by atoms with Crippen molar-refractivity contribution in [3.8, 4) is 11.3 Å². The van der Waals surface area contributed by atoms with Gasteiger partial charge in [0.15, 0.2) is 0 Å². The molecule has 6 heteroatoms. The van der Waals surface area contributed by atoms with Gasteiger partial charge in [-0.15, -0.1) is 0 Å². The van der Waals surface area contributed by atoms with Crippen LogP contribution in [0.1, 0.15) is 22.5 Å². The van der Waals surface area contributed by atoms with Crippen LogP contribution in [0, 0.1) is 5.41 Å². The summed E-state index contributed by atoms with van der Waals surface area (Å²) < 4.78 is 5.55. The zero-order chi connectivity index (χ0) is 20.3. The van der Waals surface area contributed by atoms with Crippen LogP contribution >= 0.6 is 0 Å². The summed E-state index contributed by atoms with van der Waals surface area (Å²) in [6.45, 7) is 0.878. The molecule has 29 heavy (non-hydrogen) atoms. The third-order valence-corrected chi connectivity index (χ3v) is 5.51. The Kier molecular flexibility index (Phi) is 5.16. The van der Waals surface area contributed by atoms with Crippen molar-refractivity contribution in [3.63, 3.8) is 0 Å². The van der Waals surface area contributed by atoms with Gasteiger partial charge in [0, 0.05) is 43.8 Å². The number of carbonyl (C=O) groups excluding carboxylic acids is 2.